The molecule has 5 nitrogen and oxygen atoms in total. The normalized spacial score (nSPS) is 25.5. The smallest absolute Gasteiger partial charge is 0.243 e. The number of carbonyl (C=O) groups excluding carboxylic acids is 3. The van der Waals surface area contributed by atoms with Gasteiger partial charge in [0.25, 0.3) is 0 Å². The summed E-state index contributed by atoms with van der Waals surface area (Å²) in [6.45, 7) is 3.47. The number of halogens is 1. The molecule has 2 fully saturated rings. The maximum atomic E-state index is 12.6. The van der Waals surface area contributed by atoms with E-state index in [2.05, 4.69) is 5.32 Å². The van der Waals surface area contributed by atoms with Crippen molar-refractivity contribution in [1.82, 2.24) is 10.2 Å². The van der Waals surface area contributed by atoms with Gasteiger partial charge in [0.2, 0.25) is 17.7 Å². The molecule has 4 atom stereocenters. The van der Waals surface area contributed by atoms with Gasteiger partial charge in [-0.15, -0.1) is 0 Å². The molecule has 3 amide bonds. The third-order valence-electron chi connectivity index (χ3n) is 5.35. The van der Waals surface area contributed by atoms with Gasteiger partial charge in [-0.2, -0.15) is 0 Å². The van der Waals surface area contributed by atoms with Gasteiger partial charge in [-0.05, 0) is 44.4 Å². The Morgan fingerprint density at radius 1 is 1.16 bits per heavy atom. The highest BCUT2D eigenvalue weighted by Gasteiger charge is 2.50. The summed E-state index contributed by atoms with van der Waals surface area (Å²) in [5.41, 5.74) is 0.876. The molecule has 1 N–H and O–H groups in total. The molecule has 3 rings (SSSR count). The average Bonchev–Trinajstić information content (AvgIpc) is 2.85. The first-order valence-electron chi connectivity index (χ1n) is 8.83. The predicted octanol–water partition coefficient (Wildman–Crippen LogP) is 3.08. The minimum atomic E-state index is -0.799. The van der Waals surface area contributed by atoms with Crippen LogP contribution in [0.4, 0.5) is 0 Å². The zero-order valence-electron chi connectivity index (χ0n) is 14.5. The number of rotatable bonds is 4. The van der Waals surface area contributed by atoms with Crippen molar-refractivity contribution in [3.8, 4) is 0 Å². The Hall–Kier alpha value is -1.88. The van der Waals surface area contributed by atoms with Crippen molar-refractivity contribution >= 4 is 29.3 Å². The van der Waals surface area contributed by atoms with Crippen LogP contribution < -0.4 is 5.32 Å². The molecule has 1 aromatic carbocycles. The van der Waals surface area contributed by atoms with E-state index in [9.17, 15) is 14.4 Å². The molecule has 2 aliphatic rings. The molecule has 134 valence electrons. The Kier molecular flexibility index (Phi) is 5.13. The van der Waals surface area contributed by atoms with Crippen LogP contribution in [0.1, 0.15) is 51.1 Å². The molecule has 1 aliphatic heterocycles. The van der Waals surface area contributed by atoms with E-state index >= 15 is 0 Å². The van der Waals surface area contributed by atoms with Gasteiger partial charge in [-0.1, -0.05) is 36.6 Å². The van der Waals surface area contributed by atoms with Gasteiger partial charge in [0.05, 0.1) is 17.9 Å². The van der Waals surface area contributed by atoms with Gasteiger partial charge >= 0.3 is 0 Å². The zero-order valence-corrected chi connectivity index (χ0v) is 15.3. The second-order valence-corrected chi connectivity index (χ2v) is 7.44. The van der Waals surface area contributed by atoms with Crippen LogP contribution in [-0.2, 0) is 14.4 Å². The summed E-state index contributed by atoms with van der Waals surface area (Å²) in [5, 5.41) is 3.48. The van der Waals surface area contributed by atoms with Gasteiger partial charge in [0, 0.05) is 5.02 Å². The number of fused-ring (bicyclic) bond motifs is 1. The van der Waals surface area contributed by atoms with Gasteiger partial charge < -0.3 is 5.32 Å². The van der Waals surface area contributed by atoms with E-state index in [4.69, 9.17) is 11.6 Å². The third kappa shape index (κ3) is 3.43. The molecule has 0 radical (unpaired) electrons. The van der Waals surface area contributed by atoms with E-state index in [1.807, 2.05) is 19.1 Å². The van der Waals surface area contributed by atoms with Crippen LogP contribution in [0.5, 0.6) is 0 Å². The van der Waals surface area contributed by atoms with Gasteiger partial charge in [0.1, 0.15) is 6.04 Å². The zero-order chi connectivity index (χ0) is 18.1. The van der Waals surface area contributed by atoms with Gasteiger partial charge in [-0.3, -0.25) is 19.3 Å². The summed E-state index contributed by atoms with van der Waals surface area (Å²) in [4.78, 5) is 39.0. The first-order chi connectivity index (χ1) is 11.9. The van der Waals surface area contributed by atoms with Crippen molar-refractivity contribution < 1.29 is 14.4 Å². The molecule has 1 saturated carbocycles. The Bertz CT molecular complexity index is 682. The van der Waals surface area contributed by atoms with Crippen molar-refractivity contribution in [2.75, 3.05) is 0 Å². The highest BCUT2D eigenvalue weighted by molar-refractivity contribution is 6.30. The summed E-state index contributed by atoms with van der Waals surface area (Å²) >= 11 is 5.99. The Morgan fingerprint density at radius 2 is 1.76 bits per heavy atom. The number of imide groups is 1. The number of likely N-dealkylation sites (tertiary alicyclic amines) is 1. The van der Waals surface area contributed by atoms with Crippen molar-refractivity contribution in [3.05, 3.63) is 34.9 Å². The second-order valence-electron chi connectivity index (χ2n) is 7.01. The highest BCUT2D eigenvalue weighted by Crippen LogP contribution is 2.38. The lowest BCUT2D eigenvalue weighted by Crippen LogP contribution is -2.48. The molecular weight excluding hydrogens is 340 g/mol. The fourth-order valence-electron chi connectivity index (χ4n) is 3.88. The molecule has 1 aliphatic carbocycles. The SMILES string of the molecule is CC(NC(=O)C(C)N1C(=O)C2CCCCC2C1=O)c1cccc(Cl)c1. The van der Waals surface area contributed by atoms with Crippen molar-refractivity contribution in [2.24, 2.45) is 11.8 Å². The Labute approximate surface area is 152 Å². The summed E-state index contributed by atoms with van der Waals surface area (Å²) in [7, 11) is 0. The predicted molar refractivity (Wildman–Crippen MR) is 94.8 cm³/mol. The number of amides is 3. The van der Waals surface area contributed by atoms with E-state index in [1.54, 1.807) is 19.1 Å². The maximum absolute atomic E-state index is 12.6. The molecular formula is C19H23ClN2O3. The number of benzene rings is 1. The molecule has 1 aromatic rings. The van der Waals surface area contributed by atoms with Crippen molar-refractivity contribution in [1.29, 1.82) is 0 Å². The van der Waals surface area contributed by atoms with E-state index in [0.717, 1.165) is 31.2 Å². The number of nitrogens with one attached hydrogen (secondary N) is 1. The average molecular weight is 363 g/mol. The van der Waals surface area contributed by atoms with Crippen LogP contribution in [0, 0.1) is 11.8 Å². The molecule has 1 heterocycles. The summed E-state index contributed by atoms with van der Waals surface area (Å²) in [5.74, 6) is -1.17. The van der Waals surface area contributed by atoms with Crippen LogP contribution in [0.15, 0.2) is 24.3 Å². The molecule has 25 heavy (non-hydrogen) atoms. The highest BCUT2D eigenvalue weighted by atomic mass is 35.5. The summed E-state index contributed by atoms with van der Waals surface area (Å²) < 4.78 is 0. The molecule has 1 saturated heterocycles. The maximum Gasteiger partial charge on any atom is 0.243 e. The Balaban J connectivity index is 1.70. The van der Waals surface area contributed by atoms with Crippen LogP contribution in [0.3, 0.4) is 0 Å². The first kappa shape index (κ1) is 17.9. The van der Waals surface area contributed by atoms with E-state index in [1.165, 1.54) is 4.90 Å². The van der Waals surface area contributed by atoms with E-state index < -0.39 is 6.04 Å². The monoisotopic (exact) mass is 362 g/mol. The second kappa shape index (κ2) is 7.16. The number of hydrogen-bond acceptors (Lipinski definition) is 3. The molecule has 0 bridgehead atoms. The number of nitrogens with zero attached hydrogens (tertiary/aromatic N) is 1. The topological polar surface area (TPSA) is 66.5 Å². The summed E-state index contributed by atoms with van der Waals surface area (Å²) in [6.07, 6.45) is 3.44. The van der Waals surface area contributed by atoms with E-state index in [0.29, 0.717) is 5.02 Å². The number of hydrogen-bond donors (Lipinski definition) is 1. The van der Waals surface area contributed by atoms with Crippen molar-refractivity contribution in [3.63, 3.8) is 0 Å². The molecule has 0 spiro atoms. The first-order valence-corrected chi connectivity index (χ1v) is 9.20. The minimum Gasteiger partial charge on any atom is -0.348 e. The van der Waals surface area contributed by atoms with Crippen LogP contribution in [0.25, 0.3) is 0 Å². The molecule has 6 heteroatoms. The van der Waals surface area contributed by atoms with Crippen LogP contribution in [-0.4, -0.2) is 28.7 Å². The lowest BCUT2D eigenvalue weighted by Gasteiger charge is -2.24. The summed E-state index contributed by atoms with van der Waals surface area (Å²) in [6, 6.07) is 6.20. The number of carbonyl (C=O) groups is 3. The fourth-order valence-corrected chi connectivity index (χ4v) is 4.08. The van der Waals surface area contributed by atoms with Crippen LogP contribution >= 0.6 is 11.6 Å². The molecule has 4 unspecified atom stereocenters. The molecule has 0 aromatic heterocycles. The minimum absolute atomic E-state index is 0.187. The van der Waals surface area contributed by atoms with Crippen molar-refractivity contribution in [2.45, 2.75) is 51.6 Å². The third-order valence-corrected chi connectivity index (χ3v) is 5.58. The standard InChI is InChI=1S/C19H23ClN2O3/c1-11(13-6-5-7-14(20)10-13)21-17(23)12(2)22-18(24)15-8-3-4-9-16(15)19(22)25/h5-7,10-12,15-16H,3-4,8-9H2,1-2H3,(H,21,23). The largest absolute Gasteiger partial charge is 0.348 e. The Morgan fingerprint density at radius 3 is 2.32 bits per heavy atom. The van der Waals surface area contributed by atoms with E-state index in [-0.39, 0.29) is 35.6 Å². The van der Waals surface area contributed by atoms with Gasteiger partial charge in [0.15, 0.2) is 0 Å². The fraction of sp³-hybridized carbons (Fsp3) is 0.526. The van der Waals surface area contributed by atoms with Gasteiger partial charge in [-0.25, -0.2) is 0 Å². The quantitative estimate of drug-likeness (QED) is 0.837. The van der Waals surface area contributed by atoms with Crippen LogP contribution in [0.2, 0.25) is 5.02 Å². The lowest BCUT2D eigenvalue weighted by molar-refractivity contribution is -0.147. The lowest BCUT2D eigenvalue weighted by atomic mass is 9.81.